The molecule has 2 heteroatoms. The van der Waals surface area contributed by atoms with Crippen molar-refractivity contribution in [1.29, 1.82) is 0 Å². The lowest BCUT2D eigenvalue weighted by atomic mass is 10.3. The molecule has 0 rings (SSSR count). The highest BCUT2D eigenvalue weighted by Gasteiger charge is 1.84. The maximum Gasteiger partial charge on any atom is 0.0673 e. The molecule has 0 unspecified atom stereocenters. The van der Waals surface area contributed by atoms with E-state index in [1.165, 1.54) is 0 Å². The summed E-state index contributed by atoms with van der Waals surface area (Å²) < 4.78 is 0. The third-order valence-corrected chi connectivity index (χ3v) is 0.893. The van der Waals surface area contributed by atoms with Gasteiger partial charge in [-0.1, -0.05) is 12.2 Å². The van der Waals surface area contributed by atoms with Gasteiger partial charge in [-0.05, 0) is 26.8 Å². The minimum Gasteiger partial charge on any atom is -0.252 e. The van der Waals surface area contributed by atoms with Gasteiger partial charge in [0.05, 0.1) is 5.04 Å². The number of rotatable bonds is 2. The first-order valence-electron chi connectivity index (χ1n) is 3.10. The minimum absolute atomic E-state index is 0.773. The molecule has 0 aromatic carbocycles. The maximum absolute atomic E-state index is 4.10. The van der Waals surface area contributed by atoms with Crippen LogP contribution in [-0.2, 0) is 0 Å². The summed E-state index contributed by atoms with van der Waals surface area (Å²) in [6, 6.07) is 0. The first kappa shape index (κ1) is 9.50. The van der Waals surface area contributed by atoms with Crippen LogP contribution in [0.4, 0.5) is 0 Å². The van der Waals surface area contributed by atoms with Gasteiger partial charge in [-0.25, -0.2) is 0 Å². The van der Waals surface area contributed by atoms with E-state index in [-0.39, 0.29) is 0 Å². The fourth-order valence-corrected chi connectivity index (χ4v) is 0.802. The van der Waals surface area contributed by atoms with Gasteiger partial charge in [0.1, 0.15) is 0 Å². The van der Waals surface area contributed by atoms with E-state index in [9.17, 15) is 0 Å². The van der Waals surface area contributed by atoms with E-state index in [0.29, 0.717) is 0 Å². The predicted octanol–water partition coefficient (Wildman–Crippen LogP) is 2.81. The largest absolute Gasteiger partial charge is 0.252 e. The molecule has 10 heavy (non-hydrogen) atoms. The molecule has 56 valence electrons. The first-order valence-corrected chi connectivity index (χ1v) is 3.55. The number of hydrogen-bond acceptors (Lipinski definition) is 1. The van der Waals surface area contributed by atoms with Crippen molar-refractivity contribution in [3.63, 3.8) is 0 Å². The van der Waals surface area contributed by atoms with Gasteiger partial charge in [0.2, 0.25) is 0 Å². The number of hydrogen-bond donors (Lipinski definition) is 1. The van der Waals surface area contributed by atoms with Crippen molar-refractivity contribution >= 4 is 17.7 Å². The third kappa shape index (κ3) is 5.63. The van der Waals surface area contributed by atoms with Crippen LogP contribution in [0.25, 0.3) is 0 Å². The van der Waals surface area contributed by atoms with Crippen LogP contribution in [0.5, 0.6) is 0 Å². The summed E-state index contributed by atoms with van der Waals surface area (Å²) in [5, 5.41) is 0.773. The van der Waals surface area contributed by atoms with Crippen LogP contribution in [0, 0.1) is 0 Å². The van der Waals surface area contributed by atoms with E-state index >= 15 is 0 Å². The normalized spacial score (nSPS) is 13.6. The molecule has 0 amide bonds. The van der Waals surface area contributed by atoms with Crippen LogP contribution in [0.1, 0.15) is 20.8 Å². The van der Waals surface area contributed by atoms with Crippen molar-refractivity contribution in [2.75, 3.05) is 0 Å². The molecule has 0 aliphatic rings. The van der Waals surface area contributed by atoms with E-state index in [1.54, 1.807) is 0 Å². The van der Waals surface area contributed by atoms with E-state index in [0.717, 1.165) is 16.3 Å². The van der Waals surface area contributed by atoms with Gasteiger partial charge in [-0.15, -0.1) is 12.6 Å². The average Bonchev–Trinajstić information content (AvgIpc) is 1.58. The quantitative estimate of drug-likeness (QED) is 0.272. The second kappa shape index (κ2) is 4.34. The van der Waals surface area contributed by atoms with Crippen LogP contribution < -0.4 is 0 Å². The molecule has 0 saturated heterocycles. The molecule has 0 aromatic heterocycles. The Hall–Kier alpha value is -0.500. The molecule has 0 fully saturated rings. The number of allylic oxidation sites excluding steroid dienone is 3. The molecule has 0 heterocycles. The topological polar surface area (TPSA) is 12.4 Å². The van der Waals surface area contributed by atoms with Crippen LogP contribution in [0.2, 0.25) is 0 Å². The van der Waals surface area contributed by atoms with E-state index < -0.39 is 0 Å². The Labute approximate surface area is 68.0 Å². The Bertz CT molecular complexity index is 185. The zero-order chi connectivity index (χ0) is 8.15. The second-order valence-corrected chi connectivity index (χ2v) is 2.94. The van der Waals surface area contributed by atoms with Crippen molar-refractivity contribution in [3.05, 3.63) is 23.9 Å². The lowest BCUT2D eigenvalue weighted by Gasteiger charge is -1.92. The van der Waals surface area contributed by atoms with Crippen LogP contribution in [-0.4, -0.2) is 5.04 Å². The van der Waals surface area contributed by atoms with Crippen molar-refractivity contribution in [1.82, 2.24) is 0 Å². The van der Waals surface area contributed by atoms with Crippen molar-refractivity contribution < 1.29 is 0 Å². The highest BCUT2D eigenvalue weighted by atomic mass is 32.1. The molecule has 0 saturated carbocycles. The predicted molar refractivity (Wildman–Crippen MR) is 50.7 cm³/mol. The Morgan fingerprint density at radius 3 is 2.20 bits per heavy atom. The lowest BCUT2D eigenvalue weighted by molar-refractivity contribution is 1.29. The zero-order valence-electron chi connectivity index (χ0n) is 6.68. The highest BCUT2D eigenvalue weighted by molar-refractivity contribution is 7.96. The third-order valence-electron chi connectivity index (χ3n) is 0.793. The van der Waals surface area contributed by atoms with E-state index in [1.807, 2.05) is 26.8 Å². The van der Waals surface area contributed by atoms with Crippen molar-refractivity contribution in [3.8, 4) is 0 Å². The molecule has 0 atom stereocenters. The van der Waals surface area contributed by atoms with Gasteiger partial charge in [0.25, 0.3) is 0 Å². The fourth-order valence-electron chi connectivity index (χ4n) is 0.644. The van der Waals surface area contributed by atoms with Gasteiger partial charge >= 0.3 is 0 Å². The fraction of sp³-hybridized carbons (Fsp3) is 0.375. The summed E-state index contributed by atoms with van der Waals surface area (Å²) in [6.07, 6.45) is 1.92. The summed E-state index contributed by atoms with van der Waals surface area (Å²) in [5.41, 5.74) is 1.95. The smallest absolute Gasteiger partial charge is 0.0673 e. The summed E-state index contributed by atoms with van der Waals surface area (Å²) in [4.78, 5) is 4.10. The monoisotopic (exact) mass is 155 g/mol. The SMILES string of the molecule is C=C(C)/C=C(C)\N=C(/C)S. The molecular weight excluding hydrogens is 142 g/mol. The number of nitrogens with zero attached hydrogens (tertiary/aromatic N) is 1. The Morgan fingerprint density at radius 2 is 1.90 bits per heavy atom. The molecule has 0 bridgehead atoms. The lowest BCUT2D eigenvalue weighted by Crippen LogP contribution is -1.77. The Balaban J connectivity index is 4.22. The van der Waals surface area contributed by atoms with Gasteiger partial charge in [0.15, 0.2) is 0 Å². The standard InChI is InChI=1S/C8H13NS/c1-6(2)5-7(3)9-8(4)10/h5H,1H2,2-4H3,(H,9,10)/b7-5-. The molecule has 0 radical (unpaired) electrons. The van der Waals surface area contributed by atoms with Crippen LogP contribution >= 0.6 is 12.6 Å². The number of aliphatic imine (C=N–C) groups is 1. The molecule has 0 N–H and O–H groups in total. The maximum atomic E-state index is 4.10. The average molecular weight is 155 g/mol. The summed E-state index contributed by atoms with van der Waals surface area (Å²) in [7, 11) is 0. The first-order chi connectivity index (χ1) is 4.52. The second-order valence-electron chi connectivity index (χ2n) is 2.29. The van der Waals surface area contributed by atoms with Crippen LogP contribution in [0.15, 0.2) is 28.9 Å². The Kier molecular flexibility index (Phi) is 4.12. The Morgan fingerprint density at radius 1 is 1.40 bits per heavy atom. The summed E-state index contributed by atoms with van der Waals surface area (Å²) in [5.74, 6) is 0. The molecule has 1 nitrogen and oxygen atoms in total. The van der Waals surface area contributed by atoms with Crippen molar-refractivity contribution in [2.24, 2.45) is 4.99 Å². The zero-order valence-corrected chi connectivity index (χ0v) is 7.57. The molecule has 0 aromatic rings. The van der Waals surface area contributed by atoms with Gasteiger partial charge in [-0.3, -0.25) is 4.99 Å². The molecule has 0 spiro atoms. The highest BCUT2D eigenvalue weighted by Crippen LogP contribution is 2.01. The molecular formula is C8H13NS. The van der Waals surface area contributed by atoms with Crippen molar-refractivity contribution in [2.45, 2.75) is 20.8 Å². The molecule has 0 aliphatic heterocycles. The molecule has 0 aliphatic carbocycles. The summed E-state index contributed by atoms with van der Waals surface area (Å²) >= 11 is 4.04. The summed E-state index contributed by atoms with van der Waals surface area (Å²) in [6.45, 7) is 9.44. The van der Waals surface area contributed by atoms with E-state index in [2.05, 4.69) is 24.2 Å². The van der Waals surface area contributed by atoms with Gasteiger partial charge in [-0.2, -0.15) is 0 Å². The number of thiol groups is 1. The van der Waals surface area contributed by atoms with Crippen LogP contribution in [0.3, 0.4) is 0 Å². The van der Waals surface area contributed by atoms with E-state index in [4.69, 9.17) is 0 Å². The van der Waals surface area contributed by atoms with Gasteiger partial charge in [0, 0.05) is 5.70 Å². The van der Waals surface area contributed by atoms with Gasteiger partial charge < -0.3 is 0 Å². The minimum atomic E-state index is 0.773.